The number of hydrogen-bond acceptors (Lipinski definition) is 5. The second-order valence-corrected chi connectivity index (χ2v) is 5.84. The molecular formula is C15H19NO3S. The standard InChI is InChI=1S/C15H19NO3S/c1-10(2)15-13(8-17)20-14(16-15)9-19-12-7-5-4-6-11(12)18-3/h4-7,10,17H,8-9H2,1-3H3. The van der Waals surface area contributed by atoms with Crippen LogP contribution >= 0.6 is 11.3 Å². The van der Waals surface area contributed by atoms with Crippen molar-refractivity contribution < 1.29 is 14.6 Å². The van der Waals surface area contributed by atoms with Crippen LogP contribution in [-0.4, -0.2) is 17.2 Å². The fourth-order valence-electron chi connectivity index (χ4n) is 1.92. The highest BCUT2D eigenvalue weighted by molar-refractivity contribution is 7.11. The number of aliphatic hydroxyl groups excluding tert-OH is 1. The number of aliphatic hydroxyl groups is 1. The molecule has 0 aliphatic heterocycles. The molecule has 2 rings (SSSR count). The Morgan fingerprint density at radius 3 is 2.50 bits per heavy atom. The summed E-state index contributed by atoms with van der Waals surface area (Å²) in [6, 6.07) is 7.52. The highest BCUT2D eigenvalue weighted by atomic mass is 32.1. The summed E-state index contributed by atoms with van der Waals surface area (Å²) in [4.78, 5) is 5.46. The summed E-state index contributed by atoms with van der Waals surface area (Å²) in [6.07, 6.45) is 0. The van der Waals surface area contributed by atoms with Crippen LogP contribution in [0.5, 0.6) is 11.5 Å². The Morgan fingerprint density at radius 1 is 1.25 bits per heavy atom. The molecule has 0 fully saturated rings. The fourth-order valence-corrected chi connectivity index (χ4v) is 2.91. The number of nitrogens with zero attached hydrogens (tertiary/aromatic N) is 1. The second kappa shape index (κ2) is 6.72. The predicted octanol–water partition coefficient (Wildman–Crippen LogP) is 3.35. The van der Waals surface area contributed by atoms with Crippen molar-refractivity contribution in [2.75, 3.05) is 7.11 Å². The monoisotopic (exact) mass is 293 g/mol. The van der Waals surface area contributed by atoms with Crippen LogP contribution in [-0.2, 0) is 13.2 Å². The molecule has 5 heteroatoms. The van der Waals surface area contributed by atoms with Crippen molar-refractivity contribution in [3.05, 3.63) is 39.8 Å². The van der Waals surface area contributed by atoms with E-state index in [9.17, 15) is 5.11 Å². The topological polar surface area (TPSA) is 51.6 Å². The van der Waals surface area contributed by atoms with E-state index in [1.54, 1.807) is 7.11 Å². The highest BCUT2D eigenvalue weighted by Crippen LogP contribution is 2.29. The molecule has 0 bridgehead atoms. The van der Waals surface area contributed by atoms with Gasteiger partial charge in [-0.1, -0.05) is 26.0 Å². The summed E-state index contributed by atoms with van der Waals surface area (Å²) < 4.78 is 11.0. The number of hydrogen-bond donors (Lipinski definition) is 1. The van der Waals surface area contributed by atoms with Crippen molar-refractivity contribution in [3.63, 3.8) is 0 Å². The zero-order chi connectivity index (χ0) is 14.5. The molecule has 2 aromatic rings. The summed E-state index contributed by atoms with van der Waals surface area (Å²) in [7, 11) is 1.62. The van der Waals surface area contributed by atoms with E-state index >= 15 is 0 Å². The van der Waals surface area contributed by atoms with Gasteiger partial charge < -0.3 is 14.6 Å². The molecule has 0 amide bonds. The van der Waals surface area contributed by atoms with E-state index in [0.29, 0.717) is 24.0 Å². The van der Waals surface area contributed by atoms with Crippen LogP contribution in [0.1, 0.15) is 35.3 Å². The molecule has 1 aromatic carbocycles. The molecule has 0 saturated heterocycles. The molecule has 1 aromatic heterocycles. The maximum Gasteiger partial charge on any atom is 0.161 e. The molecule has 0 atom stereocenters. The van der Waals surface area contributed by atoms with Gasteiger partial charge in [-0.15, -0.1) is 11.3 Å². The quantitative estimate of drug-likeness (QED) is 0.887. The van der Waals surface area contributed by atoms with E-state index in [1.807, 2.05) is 24.3 Å². The van der Waals surface area contributed by atoms with Gasteiger partial charge in [0.05, 0.1) is 24.3 Å². The smallest absolute Gasteiger partial charge is 0.161 e. The van der Waals surface area contributed by atoms with Crippen LogP contribution in [0.25, 0.3) is 0 Å². The lowest BCUT2D eigenvalue weighted by atomic mass is 10.1. The third-order valence-electron chi connectivity index (χ3n) is 2.88. The van der Waals surface area contributed by atoms with Crippen molar-refractivity contribution >= 4 is 11.3 Å². The van der Waals surface area contributed by atoms with Gasteiger partial charge in [0.2, 0.25) is 0 Å². The van der Waals surface area contributed by atoms with Crippen LogP contribution in [0.2, 0.25) is 0 Å². The fraction of sp³-hybridized carbons (Fsp3) is 0.400. The van der Waals surface area contributed by atoms with Crippen LogP contribution in [0.4, 0.5) is 0 Å². The first-order valence-electron chi connectivity index (χ1n) is 6.50. The summed E-state index contributed by atoms with van der Waals surface area (Å²) in [5.41, 5.74) is 0.955. The first kappa shape index (κ1) is 14.8. The molecule has 0 radical (unpaired) electrons. The van der Waals surface area contributed by atoms with Crippen molar-refractivity contribution in [2.24, 2.45) is 0 Å². The molecule has 0 spiro atoms. The van der Waals surface area contributed by atoms with Gasteiger partial charge in [-0.25, -0.2) is 4.98 Å². The Bertz CT molecular complexity index is 566. The molecule has 0 aliphatic carbocycles. The summed E-state index contributed by atoms with van der Waals surface area (Å²) in [5, 5.41) is 10.2. The highest BCUT2D eigenvalue weighted by Gasteiger charge is 2.14. The third-order valence-corrected chi connectivity index (χ3v) is 3.91. The minimum atomic E-state index is 0.0276. The average molecular weight is 293 g/mol. The van der Waals surface area contributed by atoms with E-state index in [0.717, 1.165) is 15.6 Å². The van der Waals surface area contributed by atoms with Gasteiger partial charge in [0.15, 0.2) is 11.5 Å². The molecule has 1 N–H and O–H groups in total. The van der Waals surface area contributed by atoms with Crippen molar-refractivity contribution in [3.8, 4) is 11.5 Å². The van der Waals surface area contributed by atoms with Gasteiger partial charge in [0, 0.05) is 0 Å². The van der Waals surface area contributed by atoms with Crippen molar-refractivity contribution in [1.82, 2.24) is 4.98 Å². The molecule has 0 saturated carbocycles. The van der Waals surface area contributed by atoms with Crippen molar-refractivity contribution in [1.29, 1.82) is 0 Å². The zero-order valence-corrected chi connectivity index (χ0v) is 12.7. The Labute approximate surface area is 123 Å². The molecule has 4 nitrogen and oxygen atoms in total. The molecule has 0 unspecified atom stereocenters. The number of thiazole rings is 1. The normalized spacial score (nSPS) is 10.8. The van der Waals surface area contributed by atoms with Gasteiger partial charge in [-0.3, -0.25) is 0 Å². The first-order chi connectivity index (χ1) is 9.65. The summed E-state index contributed by atoms with van der Waals surface area (Å²) >= 11 is 1.49. The van der Waals surface area contributed by atoms with E-state index in [4.69, 9.17) is 9.47 Å². The Kier molecular flexibility index (Phi) is 4.98. The van der Waals surface area contributed by atoms with E-state index in [-0.39, 0.29) is 6.61 Å². The zero-order valence-electron chi connectivity index (χ0n) is 11.9. The van der Waals surface area contributed by atoms with Gasteiger partial charge in [0.1, 0.15) is 11.6 Å². The lowest BCUT2D eigenvalue weighted by Crippen LogP contribution is -1.98. The largest absolute Gasteiger partial charge is 0.493 e. The summed E-state index contributed by atoms with van der Waals surface area (Å²) in [5.74, 6) is 1.70. The van der Waals surface area contributed by atoms with E-state index < -0.39 is 0 Å². The lowest BCUT2D eigenvalue weighted by Gasteiger charge is -2.08. The van der Waals surface area contributed by atoms with Gasteiger partial charge >= 0.3 is 0 Å². The number of para-hydroxylation sites is 2. The van der Waals surface area contributed by atoms with Crippen molar-refractivity contribution in [2.45, 2.75) is 33.0 Å². The Morgan fingerprint density at radius 2 is 1.95 bits per heavy atom. The van der Waals surface area contributed by atoms with Gasteiger partial charge in [0.25, 0.3) is 0 Å². The maximum atomic E-state index is 9.36. The minimum absolute atomic E-state index is 0.0276. The number of benzene rings is 1. The predicted molar refractivity (Wildman–Crippen MR) is 79.5 cm³/mol. The van der Waals surface area contributed by atoms with E-state index in [1.165, 1.54) is 11.3 Å². The average Bonchev–Trinajstić information content (AvgIpc) is 2.89. The minimum Gasteiger partial charge on any atom is -0.493 e. The van der Waals surface area contributed by atoms with Crippen LogP contribution in [0.3, 0.4) is 0 Å². The number of aromatic nitrogens is 1. The molecule has 20 heavy (non-hydrogen) atoms. The van der Waals surface area contributed by atoms with Gasteiger partial charge in [-0.05, 0) is 18.1 Å². The first-order valence-corrected chi connectivity index (χ1v) is 7.32. The number of methoxy groups -OCH3 is 1. The molecular weight excluding hydrogens is 274 g/mol. The van der Waals surface area contributed by atoms with Gasteiger partial charge in [-0.2, -0.15) is 0 Å². The number of rotatable bonds is 6. The number of ether oxygens (including phenoxy) is 2. The summed E-state index contributed by atoms with van der Waals surface area (Å²) in [6.45, 7) is 4.54. The molecule has 108 valence electrons. The third kappa shape index (κ3) is 3.29. The molecule has 1 heterocycles. The van der Waals surface area contributed by atoms with Crippen LogP contribution in [0, 0.1) is 0 Å². The Hall–Kier alpha value is -1.59. The van der Waals surface area contributed by atoms with Crippen LogP contribution < -0.4 is 9.47 Å². The maximum absolute atomic E-state index is 9.36. The Balaban J connectivity index is 2.11. The molecule has 0 aliphatic rings. The second-order valence-electron chi connectivity index (χ2n) is 4.67. The lowest BCUT2D eigenvalue weighted by molar-refractivity contribution is 0.283. The van der Waals surface area contributed by atoms with E-state index in [2.05, 4.69) is 18.8 Å². The SMILES string of the molecule is COc1ccccc1OCc1nc(C(C)C)c(CO)s1. The van der Waals surface area contributed by atoms with Crippen LogP contribution in [0.15, 0.2) is 24.3 Å².